The maximum absolute atomic E-state index is 5.32. The molecule has 0 aliphatic carbocycles. The zero-order valence-electron chi connectivity index (χ0n) is 10.4. The van der Waals surface area contributed by atoms with Crippen LogP contribution in [0.5, 0.6) is 5.75 Å². The summed E-state index contributed by atoms with van der Waals surface area (Å²) in [5.74, 6) is 1.40. The fraction of sp³-hybridized carbons (Fsp3) is 0.0714. The first-order valence-electron chi connectivity index (χ1n) is 5.84. The largest absolute Gasteiger partial charge is 0.494 e. The van der Waals surface area contributed by atoms with Crippen LogP contribution in [0.15, 0.2) is 55.1 Å². The fourth-order valence-electron chi connectivity index (χ4n) is 1.92. The number of rotatable bonds is 3. The second-order valence-electron chi connectivity index (χ2n) is 3.94. The van der Waals surface area contributed by atoms with Crippen molar-refractivity contribution in [3.05, 3.63) is 55.1 Å². The third-order valence-corrected chi connectivity index (χ3v) is 2.83. The molecule has 94 valence electrons. The van der Waals surface area contributed by atoms with Gasteiger partial charge in [0.1, 0.15) is 12.1 Å². The van der Waals surface area contributed by atoms with Gasteiger partial charge in [-0.15, -0.1) is 10.2 Å². The lowest BCUT2D eigenvalue weighted by Gasteiger charge is -2.09. The molecule has 3 rings (SSSR count). The van der Waals surface area contributed by atoms with Crippen LogP contribution in [0.4, 0.5) is 0 Å². The molecule has 0 aliphatic rings. The number of hydrogen-bond donors (Lipinski definition) is 0. The minimum absolute atomic E-state index is 0.674. The lowest BCUT2D eigenvalue weighted by Crippen LogP contribution is -1.98. The van der Waals surface area contributed by atoms with Gasteiger partial charge in [0.25, 0.3) is 0 Å². The summed E-state index contributed by atoms with van der Waals surface area (Å²) in [5, 5.41) is 8.16. The van der Waals surface area contributed by atoms with Crippen molar-refractivity contribution in [2.24, 2.45) is 0 Å². The summed E-state index contributed by atoms with van der Waals surface area (Å²) < 4.78 is 7.23. The normalized spacial score (nSPS) is 10.4. The Morgan fingerprint density at radius 1 is 1.11 bits per heavy atom. The van der Waals surface area contributed by atoms with E-state index in [0.29, 0.717) is 5.75 Å². The van der Waals surface area contributed by atoms with Crippen LogP contribution in [0.1, 0.15) is 0 Å². The van der Waals surface area contributed by atoms with E-state index in [0.717, 1.165) is 17.1 Å². The lowest BCUT2D eigenvalue weighted by molar-refractivity contribution is 0.414. The Morgan fingerprint density at radius 2 is 1.95 bits per heavy atom. The Hall–Kier alpha value is -2.69. The maximum atomic E-state index is 5.32. The van der Waals surface area contributed by atoms with Gasteiger partial charge in [-0.3, -0.25) is 9.55 Å². The summed E-state index contributed by atoms with van der Waals surface area (Å²) in [4.78, 5) is 4.05. The minimum Gasteiger partial charge on any atom is -0.494 e. The van der Waals surface area contributed by atoms with E-state index in [-0.39, 0.29) is 0 Å². The smallest absolute Gasteiger partial charge is 0.172 e. The third-order valence-electron chi connectivity index (χ3n) is 2.83. The average Bonchev–Trinajstić information content (AvgIpc) is 2.97. The summed E-state index contributed by atoms with van der Waals surface area (Å²) in [5.41, 5.74) is 1.86. The molecular formula is C14H12N4O. The SMILES string of the molecule is COc1cnccc1-c1nncn1-c1ccccc1. The van der Waals surface area contributed by atoms with Gasteiger partial charge in [-0.1, -0.05) is 18.2 Å². The summed E-state index contributed by atoms with van der Waals surface area (Å²) in [6, 6.07) is 11.8. The number of hydrogen-bond acceptors (Lipinski definition) is 4. The lowest BCUT2D eigenvalue weighted by atomic mass is 10.2. The van der Waals surface area contributed by atoms with Crippen LogP contribution < -0.4 is 4.74 Å². The van der Waals surface area contributed by atoms with Crippen molar-refractivity contribution in [2.45, 2.75) is 0 Å². The van der Waals surface area contributed by atoms with Crippen LogP contribution in [-0.4, -0.2) is 26.9 Å². The molecule has 3 aromatic rings. The Balaban J connectivity index is 2.15. The van der Waals surface area contributed by atoms with Gasteiger partial charge >= 0.3 is 0 Å². The van der Waals surface area contributed by atoms with E-state index in [4.69, 9.17) is 4.74 Å². The minimum atomic E-state index is 0.674. The van der Waals surface area contributed by atoms with Crippen molar-refractivity contribution >= 4 is 0 Å². The molecule has 0 saturated carbocycles. The van der Waals surface area contributed by atoms with Gasteiger partial charge in [0.05, 0.1) is 18.9 Å². The summed E-state index contributed by atoms with van der Waals surface area (Å²) in [6.45, 7) is 0. The standard InChI is InChI=1S/C14H12N4O/c1-19-13-9-15-8-7-12(13)14-17-16-10-18(14)11-5-3-2-4-6-11/h2-10H,1H3. The molecular weight excluding hydrogens is 240 g/mol. The van der Waals surface area contributed by atoms with Gasteiger partial charge in [-0.25, -0.2) is 0 Å². The average molecular weight is 252 g/mol. The molecule has 19 heavy (non-hydrogen) atoms. The molecule has 2 heterocycles. The van der Waals surface area contributed by atoms with Crippen molar-refractivity contribution in [2.75, 3.05) is 7.11 Å². The number of methoxy groups -OCH3 is 1. The number of pyridine rings is 1. The number of aromatic nitrogens is 4. The highest BCUT2D eigenvalue weighted by atomic mass is 16.5. The van der Waals surface area contributed by atoms with Crippen molar-refractivity contribution in [1.82, 2.24) is 19.7 Å². The molecule has 5 nitrogen and oxygen atoms in total. The molecule has 2 aromatic heterocycles. The van der Waals surface area contributed by atoms with Crippen molar-refractivity contribution in [1.29, 1.82) is 0 Å². The van der Waals surface area contributed by atoms with Gasteiger partial charge in [0.2, 0.25) is 0 Å². The zero-order valence-corrected chi connectivity index (χ0v) is 10.4. The van der Waals surface area contributed by atoms with Crippen LogP contribution in [0.3, 0.4) is 0 Å². The van der Waals surface area contributed by atoms with Crippen molar-refractivity contribution in [3.8, 4) is 22.8 Å². The molecule has 0 fully saturated rings. The molecule has 0 atom stereocenters. The quantitative estimate of drug-likeness (QED) is 0.718. The first-order valence-corrected chi connectivity index (χ1v) is 5.84. The molecule has 5 heteroatoms. The van der Waals surface area contributed by atoms with E-state index in [1.807, 2.05) is 41.0 Å². The summed E-state index contributed by atoms with van der Waals surface area (Å²) in [7, 11) is 1.61. The first kappa shape index (κ1) is 11.4. The topological polar surface area (TPSA) is 52.8 Å². The van der Waals surface area contributed by atoms with E-state index in [9.17, 15) is 0 Å². The van der Waals surface area contributed by atoms with Gasteiger partial charge < -0.3 is 4.74 Å². The molecule has 0 amide bonds. The molecule has 0 aliphatic heterocycles. The van der Waals surface area contributed by atoms with Gasteiger partial charge in [-0.05, 0) is 18.2 Å². The highest BCUT2D eigenvalue weighted by Gasteiger charge is 2.13. The number of para-hydroxylation sites is 1. The number of nitrogens with zero attached hydrogens (tertiary/aromatic N) is 4. The Labute approximate surface area is 110 Å². The van der Waals surface area contributed by atoms with Crippen LogP contribution >= 0.6 is 0 Å². The highest BCUT2D eigenvalue weighted by Crippen LogP contribution is 2.28. The van der Waals surface area contributed by atoms with Crippen LogP contribution in [0, 0.1) is 0 Å². The Morgan fingerprint density at radius 3 is 2.74 bits per heavy atom. The third kappa shape index (κ3) is 2.06. The maximum Gasteiger partial charge on any atom is 0.172 e. The number of benzene rings is 1. The molecule has 0 saturated heterocycles. The fourth-order valence-corrected chi connectivity index (χ4v) is 1.92. The molecule has 0 bridgehead atoms. The van der Waals surface area contributed by atoms with Gasteiger partial charge in [-0.2, -0.15) is 0 Å². The molecule has 0 unspecified atom stereocenters. The molecule has 0 spiro atoms. The predicted molar refractivity (Wildman–Crippen MR) is 71.1 cm³/mol. The molecule has 0 radical (unpaired) electrons. The van der Waals surface area contributed by atoms with Gasteiger partial charge in [0.15, 0.2) is 5.82 Å². The zero-order chi connectivity index (χ0) is 13.1. The first-order chi connectivity index (χ1) is 9.40. The number of ether oxygens (including phenoxy) is 1. The van der Waals surface area contributed by atoms with Crippen LogP contribution in [0.2, 0.25) is 0 Å². The van der Waals surface area contributed by atoms with Crippen molar-refractivity contribution < 1.29 is 4.74 Å². The summed E-state index contributed by atoms with van der Waals surface area (Å²) in [6.07, 6.45) is 5.06. The van der Waals surface area contributed by atoms with Gasteiger partial charge in [0, 0.05) is 11.9 Å². The van der Waals surface area contributed by atoms with E-state index in [1.54, 1.807) is 25.8 Å². The molecule has 1 aromatic carbocycles. The Kier molecular flexibility index (Phi) is 2.94. The second-order valence-corrected chi connectivity index (χ2v) is 3.94. The van der Waals surface area contributed by atoms with Crippen molar-refractivity contribution in [3.63, 3.8) is 0 Å². The van der Waals surface area contributed by atoms with E-state index in [1.165, 1.54) is 0 Å². The summed E-state index contributed by atoms with van der Waals surface area (Å²) >= 11 is 0. The van der Waals surface area contributed by atoms with Crippen LogP contribution in [0.25, 0.3) is 17.1 Å². The van der Waals surface area contributed by atoms with E-state index < -0.39 is 0 Å². The van der Waals surface area contributed by atoms with Crippen LogP contribution in [-0.2, 0) is 0 Å². The van der Waals surface area contributed by atoms with E-state index in [2.05, 4.69) is 15.2 Å². The molecule has 0 N–H and O–H groups in total. The highest BCUT2D eigenvalue weighted by molar-refractivity contribution is 5.64. The van der Waals surface area contributed by atoms with E-state index >= 15 is 0 Å². The Bertz CT molecular complexity index is 679. The predicted octanol–water partition coefficient (Wildman–Crippen LogP) is 2.34. The second kappa shape index (κ2) is 4.89. The monoisotopic (exact) mass is 252 g/mol.